The first kappa shape index (κ1) is 15.5. The average molecular weight is 352 g/mol. The molecule has 5 heteroatoms. The highest BCUT2D eigenvalue weighted by Crippen LogP contribution is 2.15. The lowest BCUT2D eigenvalue weighted by molar-refractivity contribution is -0.116. The van der Waals surface area contributed by atoms with Gasteiger partial charge in [-0.1, -0.05) is 15.9 Å². The third-order valence-corrected chi connectivity index (χ3v) is 3.29. The molecule has 0 bridgehead atoms. The predicted molar refractivity (Wildman–Crippen MR) is 83.9 cm³/mol. The van der Waals surface area contributed by atoms with Crippen molar-refractivity contribution >= 4 is 27.5 Å². The zero-order valence-corrected chi connectivity index (χ0v) is 12.9. The molecule has 0 fully saturated rings. The summed E-state index contributed by atoms with van der Waals surface area (Å²) in [5, 5.41) is 2.81. The third kappa shape index (κ3) is 5.55. The summed E-state index contributed by atoms with van der Waals surface area (Å²) in [5.74, 6) is 0.251. The number of anilines is 1. The van der Waals surface area contributed by atoms with E-state index >= 15 is 0 Å². The van der Waals surface area contributed by atoms with Crippen molar-refractivity contribution in [1.29, 1.82) is 0 Å². The van der Waals surface area contributed by atoms with Gasteiger partial charge in [-0.3, -0.25) is 4.79 Å². The number of ether oxygens (including phenoxy) is 1. The van der Waals surface area contributed by atoms with E-state index in [9.17, 15) is 9.18 Å². The number of carbonyl (C=O) groups excluding carboxylic acids is 1. The molecule has 21 heavy (non-hydrogen) atoms. The van der Waals surface area contributed by atoms with Gasteiger partial charge in [0.2, 0.25) is 5.91 Å². The van der Waals surface area contributed by atoms with E-state index in [4.69, 9.17) is 4.74 Å². The van der Waals surface area contributed by atoms with Gasteiger partial charge in [0.25, 0.3) is 0 Å². The van der Waals surface area contributed by atoms with Crippen LogP contribution in [0.2, 0.25) is 0 Å². The Morgan fingerprint density at radius 2 is 1.76 bits per heavy atom. The molecule has 2 aromatic rings. The molecule has 0 radical (unpaired) electrons. The molecule has 3 nitrogen and oxygen atoms in total. The summed E-state index contributed by atoms with van der Waals surface area (Å²) in [6.45, 7) is 0.416. The summed E-state index contributed by atoms with van der Waals surface area (Å²) in [4.78, 5) is 11.7. The van der Waals surface area contributed by atoms with Crippen molar-refractivity contribution in [3.8, 4) is 5.75 Å². The Hall–Kier alpha value is -1.88. The van der Waals surface area contributed by atoms with Gasteiger partial charge in [0.05, 0.1) is 6.61 Å². The lowest BCUT2D eigenvalue weighted by Crippen LogP contribution is -2.12. The molecule has 0 atom stereocenters. The lowest BCUT2D eigenvalue weighted by Gasteiger charge is -2.07. The van der Waals surface area contributed by atoms with E-state index in [0.717, 1.165) is 10.2 Å². The largest absolute Gasteiger partial charge is 0.494 e. The van der Waals surface area contributed by atoms with Gasteiger partial charge < -0.3 is 10.1 Å². The van der Waals surface area contributed by atoms with Crippen molar-refractivity contribution in [2.45, 2.75) is 12.8 Å². The maximum absolute atomic E-state index is 12.7. The van der Waals surface area contributed by atoms with Crippen molar-refractivity contribution in [3.63, 3.8) is 0 Å². The normalized spacial score (nSPS) is 10.2. The van der Waals surface area contributed by atoms with Gasteiger partial charge in [-0.25, -0.2) is 4.39 Å². The molecule has 0 aliphatic rings. The fourth-order valence-corrected chi connectivity index (χ4v) is 1.97. The van der Waals surface area contributed by atoms with Gasteiger partial charge in [0.1, 0.15) is 11.6 Å². The molecule has 0 aliphatic heterocycles. The van der Waals surface area contributed by atoms with Crippen LogP contribution in [0.3, 0.4) is 0 Å². The average Bonchev–Trinajstić information content (AvgIpc) is 2.48. The molecule has 1 amide bonds. The Morgan fingerprint density at radius 1 is 1.10 bits per heavy atom. The van der Waals surface area contributed by atoms with E-state index in [2.05, 4.69) is 21.2 Å². The number of hydrogen-bond donors (Lipinski definition) is 1. The molecule has 0 aliphatic carbocycles. The molecule has 0 saturated carbocycles. The summed E-state index contributed by atoms with van der Waals surface area (Å²) in [5.41, 5.74) is 0.766. The summed E-state index contributed by atoms with van der Waals surface area (Å²) >= 11 is 3.34. The van der Waals surface area contributed by atoms with Crippen LogP contribution in [0.1, 0.15) is 12.8 Å². The van der Waals surface area contributed by atoms with Crippen LogP contribution in [-0.4, -0.2) is 12.5 Å². The van der Waals surface area contributed by atoms with Crippen LogP contribution in [0.25, 0.3) is 0 Å². The Labute approximate surface area is 131 Å². The zero-order valence-electron chi connectivity index (χ0n) is 11.3. The number of rotatable bonds is 6. The first-order valence-electron chi connectivity index (χ1n) is 6.57. The van der Waals surface area contributed by atoms with Crippen LogP contribution >= 0.6 is 15.9 Å². The van der Waals surface area contributed by atoms with Gasteiger partial charge in [0.15, 0.2) is 0 Å². The van der Waals surface area contributed by atoms with Crippen LogP contribution in [0, 0.1) is 5.82 Å². The molecule has 2 aromatic carbocycles. The fourth-order valence-electron chi connectivity index (χ4n) is 1.71. The van der Waals surface area contributed by atoms with E-state index in [1.54, 1.807) is 12.1 Å². The minimum absolute atomic E-state index is 0.0555. The van der Waals surface area contributed by atoms with Crippen LogP contribution < -0.4 is 10.1 Å². The van der Waals surface area contributed by atoms with Crippen molar-refractivity contribution in [1.82, 2.24) is 0 Å². The van der Waals surface area contributed by atoms with Gasteiger partial charge in [-0.2, -0.15) is 0 Å². The highest BCUT2D eigenvalue weighted by atomic mass is 79.9. The molecule has 0 heterocycles. The summed E-state index contributed by atoms with van der Waals surface area (Å²) in [6.07, 6.45) is 0.969. The Bertz CT molecular complexity index is 584. The Kier molecular flexibility index (Phi) is 5.75. The molecular formula is C16H15BrFNO2. The first-order chi connectivity index (χ1) is 10.1. The molecule has 0 unspecified atom stereocenters. The highest BCUT2D eigenvalue weighted by Gasteiger charge is 2.03. The number of hydrogen-bond acceptors (Lipinski definition) is 2. The first-order valence-corrected chi connectivity index (χ1v) is 7.36. The van der Waals surface area contributed by atoms with Crippen LogP contribution in [0.5, 0.6) is 5.75 Å². The van der Waals surface area contributed by atoms with Crippen LogP contribution in [0.4, 0.5) is 10.1 Å². The summed E-state index contributed by atoms with van der Waals surface area (Å²) in [6, 6.07) is 13.2. The second-order valence-electron chi connectivity index (χ2n) is 4.46. The monoisotopic (exact) mass is 351 g/mol. The zero-order chi connectivity index (χ0) is 15.1. The van der Waals surface area contributed by atoms with Crippen LogP contribution in [-0.2, 0) is 4.79 Å². The molecule has 1 N–H and O–H groups in total. The molecule has 2 rings (SSSR count). The van der Waals surface area contributed by atoms with E-state index in [-0.39, 0.29) is 11.7 Å². The molecule has 0 saturated heterocycles. The topological polar surface area (TPSA) is 38.3 Å². The minimum atomic E-state index is -0.295. The Morgan fingerprint density at radius 3 is 2.43 bits per heavy atom. The van der Waals surface area contributed by atoms with E-state index in [1.165, 1.54) is 12.1 Å². The molecule has 0 spiro atoms. The second kappa shape index (κ2) is 7.78. The van der Waals surface area contributed by atoms with E-state index in [1.807, 2.05) is 24.3 Å². The van der Waals surface area contributed by atoms with Crippen molar-refractivity contribution < 1.29 is 13.9 Å². The van der Waals surface area contributed by atoms with Gasteiger partial charge in [-0.05, 0) is 55.0 Å². The smallest absolute Gasteiger partial charge is 0.224 e. The fraction of sp³-hybridized carbons (Fsp3) is 0.188. The van der Waals surface area contributed by atoms with Crippen molar-refractivity contribution in [2.75, 3.05) is 11.9 Å². The maximum Gasteiger partial charge on any atom is 0.224 e. The minimum Gasteiger partial charge on any atom is -0.494 e. The lowest BCUT2D eigenvalue weighted by atomic mass is 10.2. The van der Waals surface area contributed by atoms with Crippen molar-refractivity contribution in [2.24, 2.45) is 0 Å². The number of amides is 1. The molecule has 0 aromatic heterocycles. The SMILES string of the molecule is O=C(CCCOc1ccc(F)cc1)Nc1ccc(Br)cc1. The van der Waals surface area contributed by atoms with E-state index in [0.29, 0.717) is 25.2 Å². The predicted octanol–water partition coefficient (Wildman–Crippen LogP) is 4.39. The highest BCUT2D eigenvalue weighted by molar-refractivity contribution is 9.10. The Balaban J connectivity index is 1.67. The number of nitrogens with one attached hydrogen (secondary N) is 1. The summed E-state index contributed by atoms with van der Waals surface area (Å²) < 4.78 is 19.1. The molecule has 110 valence electrons. The third-order valence-electron chi connectivity index (χ3n) is 2.76. The van der Waals surface area contributed by atoms with Gasteiger partial charge in [0, 0.05) is 16.6 Å². The van der Waals surface area contributed by atoms with Gasteiger partial charge >= 0.3 is 0 Å². The van der Waals surface area contributed by atoms with Crippen molar-refractivity contribution in [3.05, 3.63) is 58.8 Å². The maximum atomic E-state index is 12.7. The quantitative estimate of drug-likeness (QED) is 0.784. The van der Waals surface area contributed by atoms with Gasteiger partial charge in [-0.15, -0.1) is 0 Å². The number of halogens is 2. The number of benzene rings is 2. The summed E-state index contributed by atoms with van der Waals surface area (Å²) in [7, 11) is 0. The van der Waals surface area contributed by atoms with Crippen LogP contribution in [0.15, 0.2) is 53.0 Å². The standard InChI is InChI=1S/C16H15BrFNO2/c17-12-3-7-14(8-4-12)19-16(20)2-1-11-21-15-9-5-13(18)6-10-15/h3-10H,1-2,11H2,(H,19,20). The number of carbonyl (C=O) groups is 1. The molecular weight excluding hydrogens is 337 g/mol. The second-order valence-corrected chi connectivity index (χ2v) is 5.38. The van der Waals surface area contributed by atoms with E-state index < -0.39 is 0 Å².